The van der Waals surface area contributed by atoms with Crippen molar-refractivity contribution in [3.63, 3.8) is 0 Å². The summed E-state index contributed by atoms with van der Waals surface area (Å²) in [5.41, 5.74) is 1.17. The molecule has 1 fully saturated rings. The molecule has 1 N–H and O–H groups in total. The number of hydrogen-bond donors (Lipinski definition) is 1. The Balaban J connectivity index is 1.85. The number of aromatic nitrogens is 2. The van der Waals surface area contributed by atoms with Crippen LogP contribution in [0.4, 0.5) is 0 Å². The second-order valence-corrected chi connectivity index (χ2v) is 6.08. The lowest BCUT2D eigenvalue weighted by Gasteiger charge is -2.22. The van der Waals surface area contributed by atoms with Gasteiger partial charge in [-0.05, 0) is 30.7 Å². The number of aliphatic imine (C=N–C) groups is 1. The van der Waals surface area contributed by atoms with Gasteiger partial charge in [0.25, 0.3) is 0 Å². The van der Waals surface area contributed by atoms with Gasteiger partial charge in [0.1, 0.15) is 0 Å². The average molecular weight is 277 g/mol. The van der Waals surface area contributed by atoms with Crippen molar-refractivity contribution in [1.29, 1.82) is 0 Å². The summed E-state index contributed by atoms with van der Waals surface area (Å²) < 4.78 is 1.89. The minimum absolute atomic E-state index is 0.772. The molecule has 0 spiro atoms. The Bertz CT molecular complexity index is 449. The molecule has 0 saturated carbocycles. The van der Waals surface area contributed by atoms with Crippen LogP contribution in [0, 0.1) is 11.8 Å². The highest BCUT2D eigenvalue weighted by Crippen LogP contribution is 2.23. The summed E-state index contributed by atoms with van der Waals surface area (Å²) in [4.78, 5) is 6.79. The van der Waals surface area contributed by atoms with Gasteiger partial charge in [0, 0.05) is 33.4 Å². The highest BCUT2D eigenvalue weighted by Gasteiger charge is 2.25. The van der Waals surface area contributed by atoms with Crippen molar-refractivity contribution in [2.75, 3.05) is 20.1 Å². The van der Waals surface area contributed by atoms with Crippen LogP contribution in [-0.2, 0) is 13.6 Å². The Morgan fingerprint density at radius 3 is 2.95 bits per heavy atom. The second kappa shape index (κ2) is 6.77. The molecule has 0 bridgehead atoms. The molecule has 2 rings (SSSR count). The zero-order valence-corrected chi connectivity index (χ0v) is 13.1. The van der Waals surface area contributed by atoms with Gasteiger partial charge in [0.05, 0.1) is 12.2 Å². The summed E-state index contributed by atoms with van der Waals surface area (Å²) in [7, 11) is 3.83. The summed E-state index contributed by atoms with van der Waals surface area (Å²) in [5, 5.41) is 7.63. The van der Waals surface area contributed by atoms with Crippen molar-refractivity contribution in [1.82, 2.24) is 20.0 Å². The summed E-state index contributed by atoms with van der Waals surface area (Å²) in [6.07, 6.45) is 4.42. The Morgan fingerprint density at radius 1 is 1.55 bits per heavy atom. The Hall–Kier alpha value is -1.52. The molecular formula is C15H27N5. The van der Waals surface area contributed by atoms with Crippen molar-refractivity contribution >= 4 is 5.96 Å². The fourth-order valence-corrected chi connectivity index (χ4v) is 2.96. The molecular weight excluding hydrogens is 250 g/mol. The molecule has 1 aromatic heterocycles. The maximum atomic E-state index is 4.41. The molecule has 112 valence electrons. The van der Waals surface area contributed by atoms with Crippen molar-refractivity contribution in [3.05, 3.63) is 18.0 Å². The van der Waals surface area contributed by atoms with Crippen molar-refractivity contribution in [3.8, 4) is 0 Å². The van der Waals surface area contributed by atoms with E-state index in [1.54, 1.807) is 0 Å². The summed E-state index contributed by atoms with van der Waals surface area (Å²) in [6.45, 7) is 7.62. The third-order valence-corrected chi connectivity index (χ3v) is 3.95. The fraction of sp³-hybridized carbons (Fsp3) is 0.733. The minimum Gasteiger partial charge on any atom is -0.351 e. The molecule has 0 amide bonds. The summed E-state index contributed by atoms with van der Waals surface area (Å²) in [6, 6.07) is 2.03. The van der Waals surface area contributed by atoms with Crippen LogP contribution in [0.2, 0.25) is 0 Å². The van der Waals surface area contributed by atoms with E-state index < -0.39 is 0 Å². The predicted octanol–water partition coefficient (Wildman–Crippen LogP) is 1.86. The number of aryl methyl sites for hydroxylation is 1. The number of likely N-dealkylation sites (tertiary alicyclic amines) is 1. The van der Waals surface area contributed by atoms with Crippen LogP contribution < -0.4 is 5.32 Å². The van der Waals surface area contributed by atoms with Crippen LogP contribution in [0.5, 0.6) is 0 Å². The molecule has 0 radical (unpaired) electrons. The van der Waals surface area contributed by atoms with Crippen LogP contribution >= 0.6 is 0 Å². The van der Waals surface area contributed by atoms with Crippen LogP contribution in [0.3, 0.4) is 0 Å². The van der Waals surface area contributed by atoms with E-state index in [1.165, 1.54) is 18.5 Å². The SMILES string of the molecule is CN=C(NCc1ccnn1C)N1CCC(CC(C)C)C1. The number of hydrogen-bond acceptors (Lipinski definition) is 2. The number of rotatable bonds is 4. The molecule has 1 aliphatic heterocycles. The average Bonchev–Trinajstić information content (AvgIpc) is 3.00. The molecule has 2 heterocycles. The van der Waals surface area contributed by atoms with Crippen LogP contribution in [-0.4, -0.2) is 40.8 Å². The van der Waals surface area contributed by atoms with Crippen molar-refractivity contribution in [2.45, 2.75) is 33.2 Å². The Morgan fingerprint density at radius 2 is 2.35 bits per heavy atom. The van der Waals surface area contributed by atoms with E-state index in [4.69, 9.17) is 0 Å². The second-order valence-electron chi connectivity index (χ2n) is 6.08. The number of nitrogens with zero attached hydrogens (tertiary/aromatic N) is 4. The normalized spacial score (nSPS) is 19.9. The lowest BCUT2D eigenvalue weighted by Crippen LogP contribution is -2.40. The van der Waals surface area contributed by atoms with E-state index in [-0.39, 0.29) is 0 Å². The highest BCUT2D eigenvalue weighted by atomic mass is 15.3. The Kier molecular flexibility index (Phi) is 5.04. The zero-order valence-electron chi connectivity index (χ0n) is 13.1. The standard InChI is InChI=1S/C15H27N5/c1-12(2)9-13-6-8-20(11-13)15(16-3)17-10-14-5-7-18-19(14)4/h5,7,12-13H,6,8-11H2,1-4H3,(H,16,17). The molecule has 5 heteroatoms. The van der Waals surface area contributed by atoms with Gasteiger partial charge in [-0.15, -0.1) is 0 Å². The maximum absolute atomic E-state index is 4.41. The first-order valence-corrected chi connectivity index (χ1v) is 7.52. The lowest BCUT2D eigenvalue weighted by molar-refractivity contribution is 0.403. The van der Waals surface area contributed by atoms with Gasteiger partial charge >= 0.3 is 0 Å². The topological polar surface area (TPSA) is 45.5 Å². The summed E-state index contributed by atoms with van der Waals surface area (Å²) >= 11 is 0. The number of guanidine groups is 1. The van der Waals surface area contributed by atoms with E-state index in [0.29, 0.717) is 0 Å². The van der Waals surface area contributed by atoms with E-state index in [2.05, 4.69) is 34.2 Å². The predicted molar refractivity (Wildman–Crippen MR) is 82.5 cm³/mol. The molecule has 1 saturated heterocycles. The maximum Gasteiger partial charge on any atom is 0.193 e. The lowest BCUT2D eigenvalue weighted by atomic mass is 9.97. The van der Waals surface area contributed by atoms with E-state index in [1.807, 2.05) is 31.0 Å². The first-order chi connectivity index (χ1) is 9.60. The minimum atomic E-state index is 0.772. The van der Waals surface area contributed by atoms with Gasteiger partial charge in [0.15, 0.2) is 5.96 Å². The van der Waals surface area contributed by atoms with Gasteiger partial charge in [-0.25, -0.2) is 0 Å². The molecule has 20 heavy (non-hydrogen) atoms. The van der Waals surface area contributed by atoms with Crippen molar-refractivity contribution in [2.24, 2.45) is 23.9 Å². The van der Waals surface area contributed by atoms with Crippen LogP contribution in [0.25, 0.3) is 0 Å². The van der Waals surface area contributed by atoms with E-state index in [0.717, 1.165) is 37.4 Å². The molecule has 1 aliphatic rings. The van der Waals surface area contributed by atoms with Gasteiger partial charge < -0.3 is 10.2 Å². The van der Waals surface area contributed by atoms with Crippen LogP contribution in [0.15, 0.2) is 17.3 Å². The quantitative estimate of drug-likeness (QED) is 0.675. The smallest absolute Gasteiger partial charge is 0.193 e. The zero-order chi connectivity index (χ0) is 14.5. The fourth-order valence-electron chi connectivity index (χ4n) is 2.96. The van der Waals surface area contributed by atoms with Gasteiger partial charge in [-0.2, -0.15) is 5.10 Å². The van der Waals surface area contributed by atoms with Gasteiger partial charge in [-0.1, -0.05) is 13.8 Å². The summed E-state index contributed by atoms with van der Waals surface area (Å²) in [5.74, 6) is 2.60. The van der Waals surface area contributed by atoms with E-state index in [9.17, 15) is 0 Å². The third-order valence-electron chi connectivity index (χ3n) is 3.95. The van der Waals surface area contributed by atoms with E-state index >= 15 is 0 Å². The highest BCUT2D eigenvalue weighted by molar-refractivity contribution is 5.80. The first kappa shape index (κ1) is 14.9. The van der Waals surface area contributed by atoms with Crippen molar-refractivity contribution < 1.29 is 0 Å². The molecule has 5 nitrogen and oxygen atoms in total. The molecule has 1 unspecified atom stereocenters. The van der Waals surface area contributed by atoms with Gasteiger partial charge in [-0.3, -0.25) is 9.67 Å². The Labute approximate surface area is 122 Å². The first-order valence-electron chi connectivity index (χ1n) is 7.52. The third kappa shape index (κ3) is 3.74. The number of nitrogens with one attached hydrogen (secondary N) is 1. The monoisotopic (exact) mass is 277 g/mol. The molecule has 1 atom stereocenters. The molecule has 1 aromatic rings. The molecule has 0 aromatic carbocycles. The largest absolute Gasteiger partial charge is 0.351 e. The van der Waals surface area contributed by atoms with Gasteiger partial charge in [0.2, 0.25) is 0 Å². The van der Waals surface area contributed by atoms with Crippen LogP contribution in [0.1, 0.15) is 32.4 Å². The molecule has 0 aliphatic carbocycles.